The lowest BCUT2D eigenvalue weighted by molar-refractivity contribution is 0.350. The Morgan fingerprint density at radius 3 is 2.75 bits per heavy atom. The summed E-state index contributed by atoms with van der Waals surface area (Å²) in [6.45, 7) is 4.04. The van der Waals surface area contributed by atoms with Gasteiger partial charge in [0, 0.05) is 0 Å². The van der Waals surface area contributed by atoms with Crippen LogP contribution in [-0.2, 0) is 5.54 Å². The first kappa shape index (κ1) is 11.2. The van der Waals surface area contributed by atoms with Crippen molar-refractivity contribution in [3.8, 4) is 10.8 Å². The average Bonchev–Trinajstić information content (AvgIpc) is 2.97. The zero-order valence-electron chi connectivity index (χ0n) is 9.30. The lowest BCUT2D eigenvalue weighted by Gasteiger charge is -2.21. The number of rotatable bonds is 4. The molecule has 2 aromatic rings. The Morgan fingerprint density at radius 1 is 1.44 bits per heavy atom. The quantitative estimate of drug-likeness (QED) is 0.883. The molecule has 0 spiro atoms. The normalized spacial score (nSPS) is 11.9. The van der Waals surface area contributed by atoms with Crippen molar-refractivity contribution in [3.05, 3.63) is 17.5 Å². The second-order valence-electron chi connectivity index (χ2n) is 3.65. The number of hydrogen-bond donors (Lipinski definition) is 1. The van der Waals surface area contributed by atoms with Crippen molar-refractivity contribution >= 4 is 11.3 Å². The van der Waals surface area contributed by atoms with Crippen molar-refractivity contribution in [3.63, 3.8) is 0 Å². The Balaban J connectivity index is 2.33. The molecular formula is C10H14N4OS. The van der Waals surface area contributed by atoms with Gasteiger partial charge in [0.15, 0.2) is 5.82 Å². The van der Waals surface area contributed by atoms with E-state index in [-0.39, 0.29) is 0 Å². The molecule has 2 N–H and O–H groups in total. The molecule has 16 heavy (non-hydrogen) atoms. The fraction of sp³-hybridized carbons (Fsp3) is 0.500. The summed E-state index contributed by atoms with van der Waals surface area (Å²) < 4.78 is 5.19. The van der Waals surface area contributed by atoms with E-state index >= 15 is 0 Å². The molecular weight excluding hydrogens is 224 g/mol. The highest BCUT2D eigenvalue weighted by atomic mass is 32.1. The molecule has 6 heteroatoms. The fourth-order valence-electron chi connectivity index (χ4n) is 1.41. The van der Waals surface area contributed by atoms with Gasteiger partial charge in [-0.3, -0.25) is 4.98 Å². The van der Waals surface area contributed by atoms with E-state index < -0.39 is 5.54 Å². The van der Waals surface area contributed by atoms with Crippen LogP contribution in [-0.4, -0.2) is 15.1 Å². The summed E-state index contributed by atoms with van der Waals surface area (Å²) >= 11 is 1.47. The van der Waals surface area contributed by atoms with E-state index in [4.69, 9.17) is 10.3 Å². The average molecular weight is 238 g/mol. The van der Waals surface area contributed by atoms with Gasteiger partial charge in [-0.25, -0.2) is 0 Å². The number of nitrogens with two attached hydrogens (primary N) is 1. The van der Waals surface area contributed by atoms with Crippen molar-refractivity contribution in [2.75, 3.05) is 0 Å². The lowest BCUT2D eigenvalue weighted by Crippen LogP contribution is -2.36. The molecule has 0 atom stereocenters. The molecule has 0 radical (unpaired) electrons. The molecule has 0 saturated carbocycles. The smallest absolute Gasteiger partial charge is 0.269 e. The van der Waals surface area contributed by atoms with Gasteiger partial charge < -0.3 is 10.3 Å². The van der Waals surface area contributed by atoms with E-state index in [1.165, 1.54) is 11.3 Å². The van der Waals surface area contributed by atoms with Crippen LogP contribution in [0.2, 0.25) is 0 Å². The van der Waals surface area contributed by atoms with Crippen LogP contribution in [0.3, 0.4) is 0 Å². The highest BCUT2D eigenvalue weighted by molar-refractivity contribution is 7.13. The van der Waals surface area contributed by atoms with Crippen LogP contribution in [0.5, 0.6) is 0 Å². The highest BCUT2D eigenvalue weighted by Crippen LogP contribution is 2.27. The maximum Gasteiger partial charge on any atom is 0.269 e. The molecule has 2 heterocycles. The highest BCUT2D eigenvalue weighted by Gasteiger charge is 2.29. The van der Waals surface area contributed by atoms with Crippen molar-refractivity contribution in [2.24, 2.45) is 5.73 Å². The zero-order valence-corrected chi connectivity index (χ0v) is 10.1. The van der Waals surface area contributed by atoms with E-state index in [1.54, 1.807) is 11.7 Å². The van der Waals surface area contributed by atoms with Crippen molar-refractivity contribution in [2.45, 2.75) is 32.2 Å². The van der Waals surface area contributed by atoms with Crippen LogP contribution in [0.1, 0.15) is 32.5 Å². The maximum atomic E-state index is 6.19. The summed E-state index contributed by atoms with van der Waals surface area (Å²) in [6, 6.07) is 0. The monoisotopic (exact) mass is 238 g/mol. The van der Waals surface area contributed by atoms with Gasteiger partial charge in [0.1, 0.15) is 4.88 Å². The van der Waals surface area contributed by atoms with E-state index in [1.807, 2.05) is 13.8 Å². The second-order valence-corrected chi connectivity index (χ2v) is 4.54. The first-order chi connectivity index (χ1) is 7.69. The maximum absolute atomic E-state index is 6.19. The Hall–Kier alpha value is -1.27. The molecule has 0 aliphatic heterocycles. The predicted molar refractivity (Wildman–Crippen MR) is 61.9 cm³/mol. The lowest BCUT2D eigenvalue weighted by atomic mass is 9.94. The Morgan fingerprint density at radius 2 is 2.19 bits per heavy atom. The van der Waals surface area contributed by atoms with E-state index in [2.05, 4.69) is 15.1 Å². The van der Waals surface area contributed by atoms with Gasteiger partial charge in [-0.1, -0.05) is 19.0 Å². The number of aromatic nitrogens is 3. The molecule has 2 aromatic heterocycles. The Bertz CT molecular complexity index is 447. The third-order valence-corrected chi connectivity index (χ3v) is 3.54. The molecule has 0 aliphatic carbocycles. The fourth-order valence-corrected chi connectivity index (χ4v) is 1.95. The summed E-state index contributed by atoms with van der Waals surface area (Å²) in [6.07, 6.45) is 3.27. The summed E-state index contributed by atoms with van der Waals surface area (Å²) in [5.41, 5.74) is 7.42. The minimum atomic E-state index is -0.494. The van der Waals surface area contributed by atoms with E-state index in [0.29, 0.717) is 11.7 Å². The molecule has 0 bridgehead atoms. The van der Waals surface area contributed by atoms with Crippen LogP contribution < -0.4 is 5.73 Å². The van der Waals surface area contributed by atoms with Crippen LogP contribution >= 0.6 is 11.3 Å². The van der Waals surface area contributed by atoms with Crippen molar-refractivity contribution in [1.29, 1.82) is 0 Å². The van der Waals surface area contributed by atoms with Gasteiger partial charge in [-0.15, -0.1) is 11.3 Å². The van der Waals surface area contributed by atoms with E-state index in [9.17, 15) is 0 Å². The largest absolute Gasteiger partial charge is 0.333 e. The minimum Gasteiger partial charge on any atom is -0.333 e. The molecule has 0 amide bonds. The molecule has 0 aromatic carbocycles. The van der Waals surface area contributed by atoms with E-state index in [0.717, 1.165) is 17.7 Å². The molecule has 2 rings (SSSR count). The third kappa shape index (κ3) is 1.85. The van der Waals surface area contributed by atoms with Crippen molar-refractivity contribution < 1.29 is 4.52 Å². The van der Waals surface area contributed by atoms with Gasteiger partial charge >= 0.3 is 0 Å². The second kappa shape index (κ2) is 4.31. The number of nitrogens with zero attached hydrogens (tertiary/aromatic N) is 3. The van der Waals surface area contributed by atoms with Crippen LogP contribution in [0.4, 0.5) is 0 Å². The van der Waals surface area contributed by atoms with Gasteiger partial charge in [0.05, 0.1) is 17.2 Å². The molecule has 0 saturated heterocycles. The number of hydrogen-bond acceptors (Lipinski definition) is 6. The summed E-state index contributed by atoms with van der Waals surface area (Å²) in [7, 11) is 0. The minimum absolute atomic E-state index is 0.494. The van der Waals surface area contributed by atoms with Crippen LogP contribution in [0, 0.1) is 0 Å². The van der Waals surface area contributed by atoms with Gasteiger partial charge in [0.25, 0.3) is 5.89 Å². The summed E-state index contributed by atoms with van der Waals surface area (Å²) in [5, 5.41) is 3.95. The molecule has 5 nitrogen and oxygen atoms in total. The summed E-state index contributed by atoms with van der Waals surface area (Å²) in [4.78, 5) is 9.17. The zero-order chi connectivity index (χ0) is 11.6. The summed E-state index contributed by atoms with van der Waals surface area (Å²) in [5.74, 6) is 1.06. The SMILES string of the molecule is CCC(N)(CC)c1noc(-c2cncs2)n1. The molecule has 0 fully saturated rings. The molecule has 0 unspecified atom stereocenters. The number of thiazole rings is 1. The molecule has 0 aliphatic rings. The standard InChI is InChI=1S/C10H14N4OS/c1-3-10(11,4-2)9-13-8(15-14-9)7-5-12-6-16-7/h5-6H,3-4,11H2,1-2H3. The topological polar surface area (TPSA) is 77.8 Å². The Labute approximate surface area is 97.7 Å². The van der Waals surface area contributed by atoms with Gasteiger partial charge in [-0.2, -0.15) is 4.98 Å². The van der Waals surface area contributed by atoms with Gasteiger partial charge in [-0.05, 0) is 12.8 Å². The van der Waals surface area contributed by atoms with Crippen molar-refractivity contribution in [1.82, 2.24) is 15.1 Å². The van der Waals surface area contributed by atoms with Crippen LogP contribution in [0.25, 0.3) is 10.8 Å². The van der Waals surface area contributed by atoms with Crippen LogP contribution in [0.15, 0.2) is 16.2 Å². The first-order valence-corrected chi connectivity index (χ1v) is 6.09. The predicted octanol–water partition coefficient (Wildman–Crippen LogP) is 2.17. The first-order valence-electron chi connectivity index (χ1n) is 5.21. The third-order valence-electron chi connectivity index (χ3n) is 2.78. The van der Waals surface area contributed by atoms with Gasteiger partial charge in [0.2, 0.25) is 0 Å². The Kier molecular flexibility index (Phi) is 3.02. The molecule has 86 valence electrons.